The van der Waals surface area contributed by atoms with Gasteiger partial charge in [-0.2, -0.15) is 0 Å². The van der Waals surface area contributed by atoms with E-state index in [0.29, 0.717) is 26.3 Å². The van der Waals surface area contributed by atoms with Crippen LogP contribution in [0.1, 0.15) is 12.6 Å². The van der Waals surface area contributed by atoms with E-state index in [1.54, 1.807) is 24.3 Å². The summed E-state index contributed by atoms with van der Waals surface area (Å²) in [7, 11) is -4.00. The van der Waals surface area contributed by atoms with Crippen LogP contribution in [0.4, 0.5) is 5.69 Å². The third-order valence-corrected chi connectivity index (χ3v) is 8.42. The molecule has 1 saturated heterocycles. The van der Waals surface area contributed by atoms with Gasteiger partial charge in [0.15, 0.2) is 5.17 Å². The first-order valence-electron chi connectivity index (χ1n) is 12.1. The van der Waals surface area contributed by atoms with Gasteiger partial charge in [-0.25, -0.2) is 18.1 Å². The Balaban J connectivity index is 0.00000242. The number of sulfonamides is 1. The molecular formula is C30H23ClN3NaO4S2. The van der Waals surface area contributed by atoms with Crippen LogP contribution in [-0.4, -0.2) is 25.4 Å². The number of benzene rings is 4. The van der Waals surface area contributed by atoms with E-state index in [1.165, 1.54) is 36.0 Å². The van der Waals surface area contributed by atoms with E-state index >= 15 is 0 Å². The predicted molar refractivity (Wildman–Crippen MR) is 161 cm³/mol. The maximum atomic E-state index is 12.5. The monoisotopic (exact) mass is 611 g/mol. The summed E-state index contributed by atoms with van der Waals surface area (Å²) in [5, 5.41) is 3.60. The smallest absolute Gasteiger partial charge is 1.00 e. The minimum atomic E-state index is -4.00. The van der Waals surface area contributed by atoms with Crippen molar-refractivity contribution in [3.63, 3.8) is 0 Å². The van der Waals surface area contributed by atoms with Crippen LogP contribution in [0.15, 0.2) is 118 Å². The molecule has 0 atom stereocenters. The Morgan fingerprint density at radius 2 is 1.54 bits per heavy atom. The molecule has 0 unspecified atom stereocenters. The topological polar surface area (TPSA) is 105 Å². The predicted octanol–water partition coefficient (Wildman–Crippen LogP) is 3.06. The van der Waals surface area contributed by atoms with Gasteiger partial charge in [0.1, 0.15) is 0 Å². The molecule has 1 heterocycles. The van der Waals surface area contributed by atoms with Crippen molar-refractivity contribution in [1.82, 2.24) is 10.0 Å². The average molecular weight is 612 g/mol. The van der Waals surface area contributed by atoms with Gasteiger partial charge in [-0.05, 0) is 76.5 Å². The second kappa shape index (κ2) is 13.7. The number of amides is 2. The maximum absolute atomic E-state index is 12.5. The number of carbonyl (C=O) groups excluding carboxylic acids is 2. The molecule has 7 nitrogen and oxygen atoms in total. The molecule has 41 heavy (non-hydrogen) atoms. The Kier molecular flexibility index (Phi) is 10.2. The number of hydrogen-bond donors (Lipinski definition) is 2. The average Bonchev–Trinajstić information content (AvgIpc) is 3.28. The number of amidine groups is 1. The van der Waals surface area contributed by atoms with Crippen molar-refractivity contribution in [2.45, 2.75) is 11.3 Å². The summed E-state index contributed by atoms with van der Waals surface area (Å²) >= 11 is 7.03. The molecule has 1 fully saturated rings. The van der Waals surface area contributed by atoms with Crippen LogP contribution in [0.2, 0.25) is 5.02 Å². The quantitative estimate of drug-likeness (QED) is 0.247. The molecule has 0 radical (unpaired) electrons. The van der Waals surface area contributed by atoms with Crippen molar-refractivity contribution in [2.24, 2.45) is 4.99 Å². The third-order valence-electron chi connectivity index (χ3n) is 5.87. The molecule has 2 N–H and O–H groups in total. The molecule has 0 spiro atoms. The van der Waals surface area contributed by atoms with Crippen LogP contribution in [0.3, 0.4) is 0 Å². The number of nitrogens with one attached hydrogen (secondary N) is 2. The summed E-state index contributed by atoms with van der Waals surface area (Å²) in [5.41, 5.74) is 4.31. The molecule has 0 aliphatic carbocycles. The fraction of sp³-hybridized carbons (Fsp3) is 0.0333. The molecule has 5 rings (SSSR count). The Labute approximate surface area is 271 Å². The number of rotatable bonds is 7. The molecule has 0 aromatic heterocycles. The summed E-state index contributed by atoms with van der Waals surface area (Å²) in [6.07, 6.45) is 1.68. The van der Waals surface area contributed by atoms with E-state index in [9.17, 15) is 18.0 Å². The Bertz CT molecular complexity index is 1730. The Morgan fingerprint density at radius 3 is 2.20 bits per heavy atom. The van der Waals surface area contributed by atoms with Crippen LogP contribution in [0, 0.1) is 0 Å². The SMILES string of the molecule is O=C(Cc1ccc(N=C2NC(=O)C(=Cc3ccc(-c4ccccc4)cc3)S2)cc1)NS(=O)(=O)c1ccc(Cl)cc1.[H-].[Na+]. The first-order valence-corrected chi connectivity index (χ1v) is 14.8. The molecule has 202 valence electrons. The minimum Gasteiger partial charge on any atom is -1.00 e. The summed E-state index contributed by atoms with van der Waals surface area (Å²) in [6.45, 7) is 0. The van der Waals surface area contributed by atoms with Crippen LogP contribution in [0.5, 0.6) is 0 Å². The molecule has 4 aromatic rings. The van der Waals surface area contributed by atoms with Gasteiger partial charge >= 0.3 is 29.6 Å². The first-order chi connectivity index (χ1) is 19.2. The minimum absolute atomic E-state index is 0. The van der Waals surface area contributed by atoms with Crippen LogP contribution >= 0.6 is 23.4 Å². The number of thioether (sulfide) groups is 1. The van der Waals surface area contributed by atoms with Gasteiger partial charge in [0.2, 0.25) is 5.91 Å². The number of nitrogens with zero attached hydrogens (tertiary/aromatic N) is 1. The van der Waals surface area contributed by atoms with E-state index in [0.717, 1.165) is 16.7 Å². The van der Waals surface area contributed by atoms with Gasteiger partial charge in [-0.3, -0.25) is 9.59 Å². The third kappa shape index (κ3) is 8.19. The first kappa shape index (κ1) is 30.8. The molecule has 4 aromatic carbocycles. The largest absolute Gasteiger partial charge is 1.00 e. The van der Waals surface area contributed by atoms with E-state index in [4.69, 9.17) is 11.6 Å². The van der Waals surface area contributed by atoms with E-state index in [1.807, 2.05) is 60.7 Å². The second-order valence-electron chi connectivity index (χ2n) is 8.80. The zero-order chi connectivity index (χ0) is 28.1. The standard InChI is InChI=1S/C30H22ClN3O4S2.Na.H/c31-24-12-16-26(17-13-24)40(37,38)34-28(35)19-21-8-14-25(15-9-21)32-30-33-29(36)27(39-30)18-20-6-10-23(11-7-20)22-4-2-1-3-5-22;;/h1-18H,19H2,(H,34,35)(H,32,33,36);;/q;+1;-1. The zero-order valence-electron chi connectivity index (χ0n) is 22.9. The van der Waals surface area contributed by atoms with Gasteiger partial charge in [0.25, 0.3) is 15.9 Å². The molecular weight excluding hydrogens is 589 g/mol. The van der Waals surface area contributed by atoms with Gasteiger partial charge in [0.05, 0.1) is 21.9 Å². The van der Waals surface area contributed by atoms with Crippen molar-refractivity contribution in [3.8, 4) is 11.1 Å². The van der Waals surface area contributed by atoms with Gasteiger partial charge in [0, 0.05) is 5.02 Å². The van der Waals surface area contributed by atoms with Crippen molar-refractivity contribution >= 4 is 62.1 Å². The molecule has 1 aliphatic rings. The molecule has 11 heteroatoms. The Morgan fingerprint density at radius 1 is 0.902 bits per heavy atom. The molecule has 1 aliphatic heterocycles. The van der Waals surface area contributed by atoms with Crippen LogP contribution in [-0.2, 0) is 26.0 Å². The van der Waals surface area contributed by atoms with Crippen molar-refractivity contribution < 1.29 is 49.0 Å². The van der Waals surface area contributed by atoms with Crippen LogP contribution in [0.25, 0.3) is 17.2 Å². The number of halogens is 1. The van der Waals surface area contributed by atoms with Crippen molar-refractivity contribution in [1.29, 1.82) is 0 Å². The van der Waals surface area contributed by atoms with Gasteiger partial charge in [-0.1, -0.05) is 78.3 Å². The summed E-state index contributed by atoms with van der Waals surface area (Å²) in [4.78, 5) is 29.8. The van der Waals surface area contributed by atoms with Crippen LogP contribution < -0.4 is 39.6 Å². The van der Waals surface area contributed by atoms with Crippen molar-refractivity contribution in [2.75, 3.05) is 0 Å². The van der Waals surface area contributed by atoms with E-state index < -0.39 is 15.9 Å². The summed E-state index contributed by atoms with van der Waals surface area (Å²) < 4.78 is 26.9. The normalized spacial score (nSPS) is 14.9. The number of carbonyl (C=O) groups is 2. The van der Waals surface area contributed by atoms with E-state index in [2.05, 4.69) is 15.0 Å². The second-order valence-corrected chi connectivity index (χ2v) is 11.9. The summed E-state index contributed by atoms with van der Waals surface area (Å²) in [6, 6.07) is 30.3. The fourth-order valence-corrected chi connectivity index (χ4v) is 5.84. The molecule has 2 amide bonds. The molecule has 0 saturated carbocycles. The van der Waals surface area contributed by atoms with E-state index in [-0.39, 0.29) is 48.2 Å². The zero-order valence-corrected chi connectivity index (χ0v) is 26.3. The summed E-state index contributed by atoms with van der Waals surface area (Å²) in [5.74, 6) is -0.898. The van der Waals surface area contributed by atoms with Crippen molar-refractivity contribution in [3.05, 3.63) is 124 Å². The fourth-order valence-electron chi connectivity index (χ4n) is 3.88. The van der Waals surface area contributed by atoms with Gasteiger partial charge in [-0.15, -0.1) is 0 Å². The Hall–Kier alpha value is -3.18. The maximum Gasteiger partial charge on any atom is 1.00 e. The van der Waals surface area contributed by atoms with Gasteiger partial charge < -0.3 is 6.74 Å². The molecule has 0 bridgehead atoms. The number of aliphatic imine (C=N–C) groups is 1. The number of hydrogen-bond acceptors (Lipinski definition) is 6.